The fourth-order valence-electron chi connectivity index (χ4n) is 2.89. The van der Waals surface area contributed by atoms with E-state index in [0.717, 1.165) is 40.2 Å². The summed E-state index contributed by atoms with van der Waals surface area (Å²) in [5, 5.41) is 8.78. The van der Waals surface area contributed by atoms with Gasteiger partial charge in [0.25, 0.3) is 5.91 Å². The molecule has 1 amide bonds. The van der Waals surface area contributed by atoms with Crippen LogP contribution in [-0.4, -0.2) is 24.5 Å². The van der Waals surface area contributed by atoms with Crippen molar-refractivity contribution in [3.05, 3.63) is 46.4 Å². The fraction of sp³-hybridized carbons (Fsp3) is 0.353. The van der Waals surface area contributed by atoms with Gasteiger partial charge in [-0.15, -0.1) is 0 Å². The average molecular weight is 347 g/mol. The van der Waals surface area contributed by atoms with Crippen LogP contribution in [0.2, 0.25) is 0 Å². The third-order valence-electron chi connectivity index (χ3n) is 4.02. The van der Waals surface area contributed by atoms with Gasteiger partial charge in [-0.1, -0.05) is 28.1 Å². The molecule has 0 radical (unpaired) electrons. The minimum absolute atomic E-state index is 0.0268. The Morgan fingerprint density at radius 1 is 1.24 bits per heavy atom. The van der Waals surface area contributed by atoms with Gasteiger partial charge in [0, 0.05) is 22.1 Å². The van der Waals surface area contributed by atoms with E-state index in [-0.39, 0.29) is 11.9 Å². The minimum atomic E-state index is 0.0268. The lowest BCUT2D eigenvalue weighted by Crippen LogP contribution is -2.46. The zero-order valence-corrected chi connectivity index (χ0v) is 13.6. The highest BCUT2D eigenvalue weighted by Crippen LogP contribution is 2.21. The summed E-state index contributed by atoms with van der Waals surface area (Å²) < 4.78 is 1.05. The Morgan fingerprint density at radius 2 is 2.00 bits per heavy atom. The number of piperidine rings is 1. The van der Waals surface area contributed by atoms with Gasteiger partial charge < -0.3 is 10.6 Å². The lowest BCUT2D eigenvalue weighted by atomic mass is 10.00. The molecule has 2 aromatic rings. The first-order valence-corrected chi connectivity index (χ1v) is 8.15. The maximum atomic E-state index is 12.4. The molecule has 0 aliphatic carbocycles. The monoisotopic (exact) mass is 346 g/mol. The summed E-state index contributed by atoms with van der Waals surface area (Å²) in [6, 6.07) is 12.7. The van der Waals surface area contributed by atoms with Crippen molar-refractivity contribution in [2.45, 2.75) is 31.8 Å². The zero-order chi connectivity index (χ0) is 14.8. The largest absolute Gasteiger partial charge is 0.349 e. The molecule has 3 nitrogen and oxygen atoms in total. The Morgan fingerprint density at radius 3 is 2.81 bits per heavy atom. The van der Waals surface area contributed by atoms with Crippen LogP contribution >= 0.6 is 15.9 Å². The molecule has 0 saturated carbocycles. The van der Waals surface area contributed by atoms with Gasteiger partial charge in [-0.2, -0.15) is 0 Å². The predicted octanol–water partition coefficient (Wildman–Crippen LogP) is 3.47. The van der Waals surface area contributed by atoms with Crippen LogP contribution in [0, 0.1) is 0 Å². The number of fused-ring (bicyclic) bond motifs is 1. The molecule has 1 fully saturated rings. The second-order valence-electron chi connectivity index (χ2n) is 5.76. The number of nitrogens with one attached hydrogen (secondary N) is 2. The fourth-order valence-corrected chi connectivity index (χ4v) is 3.27. The van der Waals surface area contributed by atoms with Gasteiger partial charge >= 0.3 is 0 Å². The van der Waals surface area contributed by atoms with Gasteiger partial charge in [0.15, 0.2) is 0 Å². The Balaban J connectivity index is 1.76. The topological polar surface area (TPSA) is 41.1 Å². The first-order chi connectivity index (χ1) is 10.1. The molecule has 1 aliphatic rings. The molecule has 4 heteroatoms. The van der Waals surface area contributed by atoms with Crippen molar-refractivity contribution in [3.8, 4) is 0 Å². The van der Waals surface area contributed by atoms with Gasteiger partial charge in [0.1, 0.15) is 0 Å². The van der Waals surface area contributed by atoms with Crippen LogP contribution in [0.1, 0.15) is 30.1 Å². The van der Waals surface area contributed by atoms with Crippen molar-refractivity contribution in [1.82, 2.24) is 10.6 Å². The summed E-state index contributed by atoms with van der Waals surface area (Å²) in [5.41, 5.74) is 0.732. The quantitative estimate of drug-likeness (QED) is 0.873. The highest BCUT2D eigenvalue weighted by Gasteiger charge is 2.20. The van der Waals surface area contributed by atoms with Crippen molar-refractivity contribution in [3.63, 3.8) is 0 Å². The van der Waals surface area contributed by atoms with E-state index < -0.39 is 0 Å². The van der Waals surface area contributed by atoms with E-state index >= 15 is 0 Å². The Hall–Kier alpha value is -1.39. The summed E-state index contributed by atoms with van der Waals surface area (Å²) in [4.78, 5) is 12.4. The molecule has 0 bridgehead atoms. The van der Waals surface area contributed by atoms with Crippen LogP contribution in [0.3, 0.4) is 0 Å². The normalized spacial score (nSPS) is 22.2. The van der Waals surface area contributed by atoms with Crippen LogP contribution < -0.4 is 10.6 Å². The third kappa shape index (κ3) is 3.44. The number of hydrogen-bond acceptors (Lipinski definition) is 2. The van der Waals surface area contributed by atoms with Crippen molar-refractivity contribution < 1.29 is 4.79 Å². The smallest absolute Gasteiger partial charge is 0.251 e. The van der Waals surface area contributed by atoms with E-state index in [4.69, 9.17) is 0 Å². The second-order valence-corrected chi connectivity index (χ2v) is 6.67. The SMILES string of the molecule is CC1CC(NC(=O)c2ccc3cc(Br)ccc3c2)CCN1. The molecule has 1 aliphatic heterocycles. The molecule has 0 spiro atoms. The number of rotatable bonds is 2. The van der Waals surface area contributed by atoms with Gasteiger partial charge in [-0.05, 0) is 61.3 Å². The molecule has 3 rings (SSSR count). The molecule has 2 aromatic carbocycles. The molecule has 2 unspecified atom stereocenters. The Labute approximate surface area is 133 Å². The maximum Gasteiger partial charge on any atom is 0.251 e. The number of carbonyl (C=O) groups is 1. The van der Waals surface area contributed by atoms with E-state index in [1.165, 1.54) is 0 Å². The van der Waals surface area contributed by atoms with E-state index in [9.17, 15) is 4.79 Å². The first kappa shape index (κ1) is 14.5. The van der Waals surface area contributed by atoms with E-state index in [0.29, 0.717) is 6.04 Å². The van der Waals surface area contributed by atoms with E-state index in [1.54, 1.807) is 0 Å². The average Bonchev–Trinajstić information content (AvgIpc) is 2.46. The van der Waals surface area contributed by atoms with Gasteiger partial charge in [0.2, 0.25) is 0 Å². The van der Waals surface area contributed by atoms with Crippen LogP contribution in [0.5, 0.6) is 0 Å². The summed E-state index contributed by atoms with van der Waals surface area (Å²) in [7, 11) is 0. The van der Waals surface area contributed by atoms with Gasteiger partial charge in [0.05, 0.1) is 0 Å². The lowest BCUT2D eigenvalue weighted by molar-refractivity contribution is 0.0926. The minimum Gasteiger partial charge on any atom is -0.349 e. The van der Waals surface area contributed by atoms with Crippen LogP contribution in [-0.2, 0) is 0 Å². The molecule has 0 aromatic heterocycles. The summed E-state index contributed by atoms with van der Waals surface area (Å²) >= 11 is 3.47. The predicted molar refractivity (Wildman–Crippen MR) is 89.6 cm³/mol. The standard InChI is InChI=1S/C17H19BrN2O/c1-11-8-16(6-7-19-11)20-17(21)14-3-2-13-10-15(18)5-4-12(13)9-14/h2-5,9-11,16,19H,6-8H2,1H3,(H,20,21). The van der Waals surface area contributed by atoms with Gasteiger partial charge in [-0.3, -0.25) is 4.79 Å². The first-order valence-electron chi connectivity index (χ1n) is 7.35. The molecule has 2 atom stereocenters. The van der Waals surface area contributed by atoms with Crippen molar-refractivity contribution in [1.29, 1.82) is 0 Å². The third-order valence-corrected chi connectivity index (χ3v) is 4.52. The van der Waals surface area contributed by atoms with Crippen molar-refractivity contribution >= 4 is 32.6 Å². The summed E-state index contributed by atoms with van der Waals surface area (Å²) in [6.45, 7) is 3.13. The summed E-state index contributed by atoms with van der Waals surface area (Å²) in [5.74, 6) is 0.0268. The molecule has 1 saturated heterocycles. The molecule has 2 N–H and O–H groups in total. The van der Waals surface area contributed by atoms with Gasteiger partial charge in [-0.25, -0.2) is 0 Å². The molecule has 21 heavy (non-hydrogen) atoms. The molecular formula is C17H19BrN2O. The van der Waals surface area contributed by atoms with Crippen molar-refractivity contribution in [2.75, 3.05) is 6.54 Å². The lowest BCUT2D eigenvalue weighted by Gasteiger charge is -2.28. The number of carbonyl (C=O) groups excluding carboxylic acids is 1. The maximum absolute atomic E-state index is 12.4. The molecule has 110 valence electrons. The molecule has 1 heterocycles. The Kier molecular flexibility index (Phi) is 4.27. The van der Waals surface area contributed by atoms with Crippen molar-refractivity contribution in [2.24, 2.45) is 0 Å². The Bertz CT molecular complexity index is 671. The number of amides is 1. The highest BCUT2D eigenvalue weighted by molar-refractivity contribution is 9.10. The van der Waals surface area contributed by atoms with E-state index in [2.05, 4.69) is 39.6 Å². The number of halogens is 1. The van der Waals surface area contributed by atoms with Crippen LogP contribution in [0.25, 0.3) is 10.8 Å². The molecular weight excluding hydrogens is 328 g/mol. The van der Waals surface area contributed by atoms with Crippen LogP contribution in [0.4, 0.5) is 0 Å². The number of hydrogen-bond donors (Lipinski definition) is 2. The van der Waals surface area contributed by atoms with E-state index in [1.807, 2.05) is 30.3 Å². The summed E-state index contributed by atoms with van der Waals surface area (Å²) in [6.07, 6.45) is 1.99. The van der Waals surface area contributed by atoms with Crippen LogP contribution in [0.15, 0.2) is 40.9 Å². The second kappa shape index (κ2) is 6.16. The highest BCUT2D eigenvalue weighted by atomic mass is 79.9. The zero-order valence-electron chi connectivity index (χ0n) is 12.0. The number of benzene rings is 2.